The number of hydrogen-bond acceptors (Lipinski definition) is 4. The van der Waals surface area contributed by atoms with Crippen molar-refractivity contribution in [3.63, 3.8) is 0 Å². The Kier molecular flexibility index (Phi) is 2.44. The van der Waals surface area contributed by atoms with Crippen molar-refractivity contribution >= 4 is 17.1 Å². The van der Waals surface area contributed by atoms with Gasteiger partial charge >= 0.3 is 0 Å². The molecule has 0 amide bonds. The third-order valence-electron chi connectivity index (χ3n) is 3.62. The number of pyridine rings is 2. The van der Waals surface area contributed by atoms with E-state index >= 15 is 0 Å². The summed E-state index contributed by atoms with van der Waals surface area (Å²) in [5, 5.41) is 0. The molecule has 0 aliphatic carbocycles. The molecule has 18 heavy (non-hydrogen) atoms. The standard InChI is InChI=1S/C14H16N4/c1-10-4-6-15-8-13(10)18-11(2)17(3)14-9-16-7-5-12(14)18/h4-9,11H,1-3H3. The summed E-state index contributed by atoms with van der Waals surface area (Å²) in [5.74, 6) is 0. The number of aromatic nitrogens is 2. The number of nitrogens with zero attached hydrogens (tertiary/aromatic N) is 4. The van der Waals surface area contributed by atoms with Crippen molar-refractivity contribution < 1.29 is 0 Å². The molecule has 3 heterocycles. The molecule has 1 aliphatic rings. The van der Waals surface area contributed by atoms with Crippen molar-refractivity contribution in [2.75, 3.05) is 16.8 Å². The first-order chi connectivity index (χ1) is 8.70. The van der Waals surface area contributed by atoms with Crippen molar-refractivity contribution in [1.82, 2.24) is 9.97 Å². The monoisotopic (exact) mass is 240 g/mol. The second kappa shape index (κ2) is 3.98. The first kappa shape index (κ1) is 11.0. The Balaban J connectivity index is 2.16. The summed E-state index contributed by atoms with van der Waals surface area (Å²) < 4.78 is 0. The molecule has 2 aromatic rings. The smallest absolute Gasteiger partial charge is 0.103 e. The Bertz CT molecular complexity index is 582. The number of rotatable bonds is 1. The Morgan fingerprint density at radius 2 is 1.67 bits per heavy atom. The van der Waals surface area contributed by atoms with Gasteiger partial charge < -0.3 is 9.80 Å². The average Bonchev–Trinajstić information content (AvgIpc) is 2.64. The van der Waals surface area contributed by atoms with E-state index in [4.69, 9.17) is 0 Å². The van der Waals surface area contributed by atoms with E-state index in [2.05, 4.69) is 46.7 Å². The zero-order valence-corrected chi connectivity index (χ0v) is 10.8. The fourth-order valence-electron chi connectivity index (χ4n) is 2.47. The maximum absolute atomic E-state index is 4.25. The SMILES string of the molecule is Cc1ccncc1N1c2ccncc2N(C)C1C. The zero-order valence-electron chi connectivity index (χ0n) is 10.8. The topological polar surface area (TPSA) is 32.3 Å². The first-order valence-corrected chi connectivity index (χ1v) is 6.07. The molecule has 0 fully saturated rings. The van der Waals surface area contributed by atoms with Gasteiger partial charge in [-0.05, 0) is 31.5 Å². The van der Waals surface area contributed by atoms with Crippen molar-refractivity contribution in [2.24, 2.45) is 0 Å². The van der Waals surface area contributed by atoms with Crippen LogP contribution in [0.4, 0.5) is 17.1 Å². The van der Waals surface area contributed by atoms with Crippen molar-refractivity contribution in [2.45, 2.75) is 20.0 Å². The van der Waals surface area contributed by atoms with E-state index in [0.29, 0.717) is 0 Å². The largest absolute Gasteiger partial charge is 0.351 e. The summed E-state index contributed by atoms with van der Waals surface area (Å²) in [6.45, 7) is 4.30. The third-order valence-corrected chi connectivity index (χ3v) is 3.62. The lowest BCUT2D eigenvalue weighted by atomic mass is 10.2. The van der Waals surface area contributed by atoms with E-state index in [1.54, 1.807) is 0 Å². The van der Waals surface area contributed by atoms with E-state index in [-0.39, 0.29) is 6.17 Å². The predicted molar refractivity (Wildman–Crippen MR) is 73.2 cm³/mol. The van der Waals surface area contributed by atoms with E-state index < -0.39 is 0 Å². The molecule has 0 saturated heterocycles. The van der Waals surface area contributed by atoms with Crippen LogP contribution in [0.3, 0.4) is 0 Å². The molecule has 3 rings (SSSR count). The third kappa shape index (κ3) is 1.45. The Morgan fingerprint density at radius 1 is 1.00 bits per heavy atom. The number of anilines is 3. The molecular weight excluding hydrogens is 224 g/mol. The summed E-state index contributed by atoms with van der Waals surface area (Å²) in [6.07, 6.45) is 7.78. The van der Waals surface area contributed by atoms with E-state index in [0.717, 1.165) is 11.4 Å². The minimum absolute atomic E-state index is 0.270. The van der Waals surface area contributed by atoms with E-state index in [1.807, 2.05) is 30.9 Å². The number of hydrogen-bond donors (Lipinski definition) is 0. The highest BCUT2D eigenvalue weighted by atomic mass is 15.4. The lowest BCUT2D eigenvalue weighted by Crippen LogP contribution is -2.35. The maximum Gasteiger partial charge on any atom is 0.103 e. The lowest BCUT2D eigenvalue weighted by Gasteiger charge is -2.28. The molecular formula is C14H16N4. The molecule has 92 valence electrons. The van der Waals surface area contributed by atoms with Crippen LogP contribution in [-0.4, -0.2) is 23.2 Å². The lowest BCUT2D eigenvalue weighted by molar-refractivity contribution is 0.731. The van der Waals surface area contributed by atoms with Crippen molar-refractivity contribution in [3.05, 3.63) is 42.5 Å². The van der Waals surface area contributed by atoms with Crippen LogP contribution in [0.25, 0.3) is 0 Å². The molecule has 0 bridgehead atoms. The van der Waals surface area contributed by atoms with Crippen molar-refractivity contribution in [3.8, 4) is 0 Å². The molecule has 0 radical (unpaired) electrons. The highest BCUT2D eigenvalue weighted by Crippen LogP contribution is 2.42. The molecule has 0 N–H and O–H groups in total. The summed E-state index contributed by atoms with van der Waals surface area (Å²) in [4.78, 5) is 13.0. The minimum atomic E-state index is 0.270. The second-order valence-electron chi connectivity index (χ2n) is 4.64. The Labute approximate surface area is 107 Å². The van der Waals surface area contributed by atoms with Crippen LogP contribution >= 0.6 is 0 Å². The first-order valence-electron chi connectivity index (χ1n) is 6.07. The highest BCUT2D eigenvalue weighted by molar-refractivity contribution is 5.83. The molecule has 2 aromatic heterocycles. The molecule has 4 heteroatoms. The summed E-state index contributed by atoms with van der Waals surface area (Å²) in [6, 6.07) is 4.10. The van der Waals surface area contributed by atoms with Gasteiger partial charge in [-0.1, -0.05) is 0 Å². The van der Waals surface area contributed by atoms with Gasteiger partial charge in [0.1, 0.15) is 6.17 Å². The van der Waals surface area contributed by atoms with Gasteiger partial charge in [0, 0.05) is 19.4 Å². The fraction of sp³-hybridized carbons (Fsp3) is 0.286. The van der Waals surface area contributed by atoms with Gasteiger partial charge in [0.25, 0.3) is 0 Å². The molecule has 4 nitrogen and oxygen atoms in total. The number of aryl methyl sites for hydroxylation is 1. The quantitative estimate of drug-likeness (QED) is 0.767. The van der Waals surface area contributed by atoms with Crippen LogP contribution < -0.4 is 9.80 Å². The van der Waals surface area contributed by atoms with Gasteiger partial charge in [0.05, 0.1) is 29.5 Å². The molecule has 1 unspecified atom stereocenters. The van der Waals surface area contributed by atoms with Crippen LogP contribution in [0.2, 0.25) is 0 Å². The zero-order chi connectivity index (χ0) is 12.7. The molecule has 0 aromatic carbocycles. The van der Waals surface area contributed by atoms with Crippen LogP contribution in [0.15, 0.2) is 36.9 Å². The Morgan fingerprint density at radius 3 is 2.39 bits per heavy atom. The maximum atomic E-state index is 4.25. The molecule has 0 saturated carbocycles. The summed E-state index contributed by atoms with van der Waals surface area (Å²) >= 11 is 0. The minimum Gasteiger partial charge on any atom is -0.351 e. The summed E-state index contributed by atoms with van der Waals surface area (Å²) in [7, 11) is 2.09. The average molecular weight is 240 g/mol. The van der Waals surface area contributed by atoms with Crippen LogP contribution in [0.5, 0.6) is 0 Å². The van der Waals surface area contributed by atoms with Crippen LogP contribution in [0, 0.1) is 6.92 Å². The van der Waals surface area contributed by atoms with Crippen LogP contribution in [0.1, 0.15) is 12.5 Å². The van der Waals surface area contributed by atoms with Crippen LogP contribution in [-0.2, 0) is 0 Å². The van der Waals surface area contributed by atoms with Gasteiger partial charge in [-0.25, -0.2) is 0 Å². The molecule has 1 atom stereocenters. The van der Waals surface area contributed by atoms with Gasteiger partial charge in [-0.2, -0.15) is 0 Å². The fourth-order valence-corrected chi connectivity index (χ4v) is 2.47. The second-order valence-corrected chi connectivity index (χ2v) is 4.64. The van der Waals surface area contributed by atoms with E-state index in [9.17, 15) is 0 Å². The van der Waals surface area contributed by atoms with E-state index in [1.165, 1.54) is 11.3 Å². The highest BCUT2D eigenvalue weighted by Gasteiger charge is 2.32. The summed E-state index contributed by atoms with van der Waals surface area (Å²) in [5.41, 5.74) is 4.74. The van der Waals surface area contributed by atoms with Gasteiger partial charge in [0.15, 0.2) is 0 Å². The van der Waals surface area contributed by atoms with Gasteiger partial charge in [-0.3, -0.25) is 9.97 Å². The normalized spacial score (nSPS) is 18.1. The molecule has 1 aliphatic heterocycles. The van der Waals surface area contributed by atoms with Gasteiger partial charge in [0.2, 0.25) is 0 Å². The number of fused-ring (bicyclic) bond motifs is 1. The Hall–Kier alpha value is -2.10. The van der Waals surface area contributed by atoms with Gasteiger partial charge in [-0.15, -0.1) is 0 Å². The molecule has 0 spiro atoms. The predicted octanol–water partition coefficient (Wildman–Crippen LogP) is 2.72. The van der Waals surface area contributed by atoms with Crippen molar-refractivity contribution in [1.29, 1.82) is 0 Å².